The third kappa shape index (κ3) is 3.45. The Morgan fingerprint density at radius 1 is 1.11 bits per heavy atom. The van der Waals surface area contributed by atoms with E-state index in [1.54, 1.807) is 26.1 Å². The van der Waals surface area contributed by atoms with Crippen LogP contribution in [-0.4, -0.2) is 25.7 Å². The van der Waals surface area contributed by atoms with Gasteiger partial charge in [-0.2, -0.15) is 0 Å². The normalized spacial score (nSPS) is 12.4. The molecule has 0 saturated heterocycles. The number of carbonyl (C=O) groups is 1. The van der Waals surface area contributed by atoms with Crippen LogP contribution in [0.5, 0.6) is 0 Å². The van der Waals surface area contributed by atoms with Gasteiger partial charge < -0.3 is 5.32 Å². The molecule has 1 amide bonds. The number of fused-ring (bicyclic) bond motifs is 2. The number of carbonyl (C=O) groups excluding carboxylic acids is 1. The summed E-state index contributed by atoms with van der Waals surface area (Å²) >= 11 is 2.68. The van der Waals surface area contributed by atoms with Crippen LogP contribution < -0.4 is 10.9 Å². The largest absolute Gasteiger partial charge is 0.301 e. The lowest BCUT2D eigenvalue weighted by Crippen LogP contribution is -2.25. The van der Waals surface area contributed by atoms with Gasteiger partial charge in [0.15, 0.2) is 10.3 Å². The number of aromatic nitrogens is 3. The Bertz CT molecular complexity index is 1180. The topological polar surface area (TPSA) is 76.9 Å². The summed E-state index contributed by atoms with van der Waals surface area (Å²) in [5.41, 5.74) is 1.36. The van der Waals surface area contributed by atoms with Crippen LogP contribution in [0.2, 0.25) is 0 Å². The predicted octanol–water partition coefficient (Wildman–Crippen LogP) is 3.66. The molecule has 0 aliphatic carbocycles. The van der Waals surface area contributed by atoms with Crippen molar-refractivity contribution in [3.63, 3.8) is 0 Å². The minimum Gasteiger partial charge on any atom is -0.301 e. The SMILES string of the molecule is CC(Sc1nc2ccccc2c(=O)n1C)C(=O)Nc1nc2ccccc2s1. The van der Waals surface area contributed by atoms with Gasteiger partial charge in [0.2, 0.25) is 5.91 Å². The zero-order valence-electron chi connectivity index (χ0n) is 14.7. The minimum atomic E-state index is -0.434. The second-order valence-electron chi connectivity index (χ2n) is 6.01. The van der Waals surface area contributed by atoms with Crippen molar-refractivity contribution in [1.29, 1.82) is 0 Å². The number of amides is 1. The van der Waals surface area contributed by atoms with E-state index >= 15 is 0 Å². The first kappa shape index (κ1) is 17.7. The molecule has 1 atom stereocenters. The Hall–Kier alpha value is -2.71. The second-order valence-corrected chi connectivity index (χ2v) is 8.35. The van der Waals surface area contributed by atoms with E-state index in [-0.39, 0.29) is 11.5 Å². The van der Waals surface area contributed by atoms with Gasteiger partial charge in [-0.05, 0) is 31.2 Å². The molecule has 1 unspecified atom stereocenters. The molecule has 2 aromatic carbocycles. The van der Waals surface area contributed by atoms with Gasteiger partial charge in [-0.1, -0.05) is 47.4 Å². The van der Waals surface area contributed by atoms with Crippen molar-refractivity contribution in [3.05, 3.63) is 58.9 Å². The summed E-state index contributed by atoms with van der Waals surface area (Å²) in [6, 6.07) is 14.9. The molecule has 2 aromatic heterocycles. The molecule has 0 spiro atoms. The van der Waals surface area contributed by atoms with Crippen molar-refractivity contribution in [3.8, 4) is 0 Å². The summed E-state index contributed by atoms with van der Waals surface area (Å²) in [7, 11) is 1.67. The number of thioether (sulfide) groups is 1. The zero-order chi connectivity index (χ0) is 19.0. The zero-order valence-corrected chi connectivity index (χ0v) is 16.3. The summed E-state index contributed by atoms with van der Waals surface area (Å²) in [6.45, 7) is 1.79. The first-order valence-corrected chi connectivity index (χ1v) is 10.0. The lowest BCUT2D eigenvalue weighted by Gasteiger charge is -2.13. The molecule has 0 saturated carbocycles. The molecular weight excluding hydrogens is 380 g/mol. The number of para-hydroxylation sites is 2. The van der Waals surface area contributed by atoms with Crippen LogP contribution in [0.4, 0.5) is 5.13 Å². The molecule has 27 heavy (non-hydrogen) atoms. The van der Waals surface area contributed by atoms with Gasteiger partial charge in [-0.15, -0.1) is 0 Å². The third-order valence-electron chi connectivity index (χ3n) is 4.12. The van der Waals surface area contributed by atoms with E-state index in [0.717, 1.165) is 10.2 Å². The van der Waals surface area contributed by atoms with E-state index in [4.69, 9.17) is 0 Å². The maximum atomic E-state index is 12.6. The maximum absolute atomic E-state index is 12.6. The Labute approximate surface area is 163 Å². The fourth-order valence-corrected chi connectivity index (χ4v) is 4.39. The molecule has 0 fully saturated rings. The minimum absolute atomic E-state index is 0.123. The van der Waals surface area contributed by atoms with Crippen LogP contribution >= 0.6 is 23.1 Å². The molecule has 6 nitrogen and oxygen atoms in total. The van der Waals surface area contributed by atoms with Crippen LogP contribution in [0.15, 0.2) is 58.5 Å². The summed E-state index contributed by atoms with van der Waals surface area (Å²) in [4.78, 5) is 34.0. The quantitative estimate of drug-likeness (QED) is 0.421. The van der Waals surface area contributed by atoms with Gasteiger partial charge in [-0.25, -0.2) is 9.97 Å². The van der Waals surface area contributed by atoms with Gasteiger partial charge in [0, 0.05) is 7.05 Å². The van der Waals surface area contributed by atoms with E-state index in [1.165, 1.54) is 27.7 Å². The molecule has 0 aliphatic rings. The van der Waals surface area contributed by atoms with Gasteiger partial charge >= 0.3 is 0 Å². The lowest BCUT2D eigenvalue weighted by molar-refractivity contribution is -0.115. The van der Waals surface area contributed by atoms with Crippen molar-refractivity contribution in [2.75, 3.05) is 5.32 Å². The Balaban J connectivity index is 1.55. The van der Waals surface area contributed by atoms with Crippen LogP contribution in [0, 0.1) is 0 Å². The molecule has 0 radical (unpaired) electrons. The molecule has 4 rings (SSSR count). The Morgan fingerprint density at radius 2 is 1.81 bits per heavy atom. The van der Waals surface area contributed by atoms with Gasteiger partial charge in [0.1, 0.15) is 0 Å². The molecule has 4 aromatic rings. The summed E-state index contributed by atoms with van der Waals surface area (Å²) in [5, 5.41) is 4.06. The fourth-order valence-electron chi connectivity index (χ4n) is 2.65. The smallest absolute Gasteiger partial charge is 0.261 e. The highest BCUT2D eigenvalue weighted by atomic mass is 32.2. The second kappa shape index (κ2) is 7.13. The van der Waals surface area contributed by atoms with E-state index in [0.29, 0.717) is 21.2 Å². The molecule has 136 valence electrons. The third-order valence-corrected chi connectivity index (χ3v) is 6.21. The first-order chi connectivity index (χ1) is 13.0. The number of anilines is 1. The van der Waals surface area contributed by atoms with E-state index in [1.807, 2.05) is 36.4 Å². The highest BCUT2D eigenvalue weighted by Gasteiger charge is 2.19. The number of hydrogen-bond acceptors (Lipinski definition) is 6. The highest BCUT2D eigenvalue weighted by Crippen LogP contribution is 2.27. The Morgan fingerprint density at radius 3 is 2.59 bits per heavy atom. The number of benzene rings is 2. The van der Waals surface area contributed by atoms with Crippen molar-refractivity contribution in [1.82, 2.24) is 14.5 Å². The number of hydrogen-bond donors (Lipinski definition) is 1. The lowest BCUT2D eigenvalue weighted by atomic mass is 10.2. The van der Waals surface area contributed by atoms with E-state index in [2.05, 4.69) is 15.3 Å². The van der Waals surface area contributed by atoms with Crippen LogP contribution in [0.25, 0.3) is 21.1 Å². The average Bonchev–Trinajstić information content (AvgIpc) is 3.08. The summed E-state index contributed by atoms with van der Waals surface area (Å²) in [6.07, 6.45) is 0. The molecule has 0 aliphatic heterocycles. The van der Waals surface area contributed by atoms with Crippen molar-refractivity contribution >= 4 is 55.3 Å². The van der Waals surface area contributed by atoms with Gasteiger partial charge in [0.05, 0.1) is 26.4 Å². The maximum Gasteiger partial charge on any atom is 0.261 e. The standard InChI is InChI=1S/C19H16N4O2S2/c1-11(16(24)22-18-20-14-9-5-6-10-15(14)27-18)26-19-21-13-8-4-3-7-12(13)17(25)23(19)2/h3-11H,1-2H3,(H,20,22,24). The molecule has 1 N–H and O–H groups in total. The molecule has 0 bridgehead atoms. The molecule has 8 heteroatoms. The van der Waals surface area contributed by atoms with Crippen molar-refractivity contribution < 1.29 is 4.79 Å². The van der Waals surface area contributed by atoms with Gasteiger partial charge in [0.25, 0.3) is 5.56 Å². The van der Waals surface area contributed by atoms with Gasteiger partial charge in [-0.3, -0.25) is 14.2 Å². The highest BCUT2D eigenvalue weighted by molar-refractivity contribution is 8.00. The molecular formula is C19H16N4O2S2. The fraction of sp³-hybridized carbons (Fsp3) is 0.158. The van der Waals surface area contributed by atoms with Crippen LogP contribution in [0.1, 0.15) is 6.92 Å². The first-order valence-electron chi connectivity index (χ1n) is 8.32. The van der Waals surface area contributed by atoms with E-state index < -0.39 is 5.25 Å². The number of nitrogens with one attached hydrogen (secondary N) is 1. The Kier molecular flexibility index (Phi) is 4.67. The number of nitrogens with zero attached hydrogens (tertiary/aromatic N) is 3. The van der Waals surface area contributed by atoms with Crippen LogP contribution in [-0.2, 0) is 11.8 Å². The average molecular weight is 396 g/mol. The summed E-state index contributed by atoms with van der Waals surface area (Å²) in [5.74, 6) is -0.179. The van der Waals surface area contributed by atoms with Crippen molar-refractivity contribution in [2.45, 2.75) is 17.3 Å². The monoisotopic (exact) mass is 396 g/mol. The van der Waals surface area contributed by atoms with E-state index in [9.17, 15) is 9.59 Å². The molecule has 2 heterocycles. The summed E-state index contributed by atoms with van der Waals surface area (Å²) < 4.78 is 2.50. The van der Waals surface area contributed by atoms with Crippen LogP contribution in [0.3, 0.4) is 0 Å². The predicted molar refractivity (Wildman–Crippen MR) is 111 cm³/mol. The number of rotatable bonds is 4. The van der Waals surface area contributed by atoms with Crippen molar-refractivity contribution in [2.24, 2.45) is 7.05 Å². The number of thiazole rings is 1.